The van der Waals surface area contributed by atoms with Crippen LogP contribution in [-0.4, -0.2) is 28.4 Å². The zero-order valence-corrected chi connectivity index (χ0v) is 15.2. The highest BCUT2D eigenvalue weighted by atomic mass is 32.1. The Bertz CT molecular complexity index is 1020. The highest BCUT2D eigenvalue weighted by molar-refractivity contribution is 7.18. The van der Waals surface area contributed by atoms with Gasteiger partial charge < -0.3 is 4.90 Å². The third-order valence-electron chi connectivity index (χ3n) is 4.90. The molecule has 0 unspecified atom stereocenters. The van der Waals surface area contributed by atoms with Gasteiger partial charge in [-0.3, -0.25) is 4.98 Å². The molecule has 0 radical (unpaired) electrons. The molecule has 0 atom stereocenters. The molecular formula is C19H15F2N5S. The second-order valence-corrected chi connectivity index (χ2v) is 7.47. The lowest BCUT2D eigenvalue weighted by Gasteiger charge is -2.49. The highest BCUT2D eigenvalue weighted by Gasteiger charge is 2.52. The van der Waals surface area contributed by atoms with E-state index >= 15 is 0 Å². The van der Waals surface area contributed by atoms with Gasteiger partial charge in [0.1, 0.15) is 22.7 Å². The lowest BCUT2D eigenvalue weighted by molar-refractivity contribution is 0.0870. The van der Waals surface area contributed by atoms with Gasteiger partial charge in [-0.2, -0.15) is 5.26 Å². The van der Waals surface area contributed by atoms with Crippen molar-refractivity contribution >= 4 is 16.5 Å². The van der Waals surface area contributed by atoms with Crippen LogP contribution in [0, 0.1) is 17.1 Å². The maximum Gasteiger partial charge on any atom is 0.209 e. The summed E-state index contributed by atoms with van der Waals surface area (Å²) in [6.45, 7) is 0. The molecule has 1 saturated carbocycles. The second-order valence-electron chi connectivity index (χ2n) is 6.51. The van der Waals surface area contributed by atoms with Gasteiger partial charge in [0, 0.05) is 31.6 Å². The number of anilines is 1. The van der Waals surface area contributed by atoms with Gasteiger partial charge in [-0.1, -0.05) is 23.5 Å². The van der Waals surface area contributed by atoms with Crippen molar-refractivity contribution in [3.8, 4) is 16.6 Å². The Morgan fingerprint density at radius 3 is 2.78 bits per heavy atom. The van der Waals surface area contributed by atoms with Gasteiger partial charge in [-0.25, -0.2) is 8.78 Å². The first kappa shape index (κ1) is 17.5. The van der Waals surface area contributed by atoms with Crippen molar-refractivity contribution in [1.29, 1.82) is 5.26 Å². The number of hydrogen-bond acceptors (Lipinski definition) is 6. The average Bonchev–Trinajstić information content (AvgIpc) is 3.15. The molecule has 3 aromatic rings. The third kappa shape index (κ3) is 2.94. The number of halogens is 2. The van der Waals surface area contributed by atoms with Crippen LogP contribution >= 0.6 is 11.3 Å². The van der Waals surface area contributed by atoms with E-state index in [1.807, 2.05) is 6.07 Å². The van der Waals surface area contributed by atoms with E-state index in [1.54, 1.807) is 30.1 Å². The first-order chi connectivity index (χ1) is 13.0. The number of benzene rings is 1. The molecule has 4 rings (SSSR count). The van der Waals surface area contributed by atoms with E-state index in [-0.39, 0.29) is 18.5 Å². The van der Waals surface area contributed by atoms with Crippen LogP contribution in [0.4, 0.5) is 13.9 Å². The molecule has 2 aromatic heterocycles. The topological polar surface area (TPSA) is 65.7 Å². The Morgan fingerprint density at radius 2 is 2.07 bits per heavy atom. The summed E-state index contributed by atoms with van der Waals surface area (Å²) in [4.78, 5) is 5.95. The second kappa shape index (κ2) is 6.67. The summed E-state index contributed by atoms with van der Waals surface area (Å²) < 4.78 is 28.2. The molecule has 1 aliphatic carbocycles. The lowest BCUT2D eigenvalue weighted by atomic mass is 9.71. The molecule has 1 fully saturated rings. The van der Waals surface area contributed by atoms with Crippen LogP contribution in [0.2, 0.25) is 0 Å². The number of nitriles is 1. The van der Waals surface area contributed by atoms with Gasteiger partial charge >= 0.3 is 0 Å². The number of alkyl halides is 1. The zero-order chi connectivity index (χ0) is 19.0. The number of aromatic nitrogens is 3. The molecule has 0 spiro atoms. The first-order valence-electron chi connectivity index (χ1n) is 8.36. The fourth-order valence-electron chi connectivity index (χ4n) is 3.40. The van der Waals surface area contributed by atoms with Gasteiger partial charge in [0.2, 0.25) is 5.13 Å². The van der Waals surface area contributed by atoms with Crippen LogP contribution in [0.3, 0.4) is 0 Å². The van der Waals surface area contributed by atoms with Crippen molar-refractivity contribution in [3.05, 3.63) is 59.7 Å². The van der Waals surface area contributed by atoms with Crippen molar-refractivity contribution in [2.45, 2.75) is 24.6 Å². The summed E-state index contributed by atoms with van der Waals surface area (Å²) in [5.74, 6) is -0.456. The summed E-state index contributed by atoms with van der Waals surface area (Å²) in [5.41, 5.74) is 0.658. The van der Waals surface area contributed by atoms with Gasteiger partial charge in [0.05, 0.1) is 17.2 Å². The minimum absolute atomic E-state index is 0.149. The monoisotopic (exact) mass is 383 g/mol. The Labute approximate surface area is 158 Å². The van der Waals surface area contributed by atoms with E-state index in [0.29, 0.717) is 15.7 Å². The summed E-state index contributed by atoms with van der Waals surface area (Å²) in [7, 11) is 1.76. The molecule has 27 heavy (non-hydrogen) atoms. The maximum atomic E-state index is 14.4. The van der Waals surface area contributed by atoms with Crippen LogP contribution in [0.25, 0.3) is 10.6 Å². The number of hydrogen-bond donors (Lipinski definition) is 0. The molecule has 5 nitrogen and oxygen atoms in total. The largest absolute Gasteiger partial charge is 0.338 e. The Balaban J connectivity index is 1.70. The molecule has 0 saturated heterocycles. The third-order valence-corrected chi connectivity index (χ3v) is 5.95. The molecule has 8 heteroatoms. The summed E-state index contributed by atoms with van der Waals surface area (Å²) >= 11 is 1.31. The van der Waals surface area contributed by atoms with Gasteiger partial charge in [-0.15, -0.1) is 10.2 Å². The van der Waals surface area contributed by atoms with Crippen LogP contribution in [0.15, 0.2) is 42.6 Å². The van der Waals surface area contributed by atoms with Crippen molar-refractivity contribution in [2.75, 3.05) is 11.9 Å². The summed E-state index contributed by atoms with van der Waals surface area (Å²) in [6.07, 6.45) is 0.805. The molecule has 136 valence electrons. The van der Waals surface area contributed by atoms with E-state index < -0.39 is 17.5 Å². The summed E-state index contributed by atoms with van der Waals surface area (Å²) in [6, 6.07) is 12.0. The Hall–Kier alpha value is -2.92. The van der Waals surface area contributed by atoms with Crippen LogP contribution in [-0.2, 0) is 5.54 Å². The Morgan fingerprint density at radius 1 is 1.26 bits per heavy atom. The minimum Gasteiger partial charge on any atom is -0.338 e. The van der Waals surface area contributed by atoms with E-state index in [9.17, 15) is 8.78 Å². The molecular weight excluding hydrogens is 368 g/mol. The van der Waals surface area contributed by atoms with Gasteiger partial charge in [0.25, 0.3) is 0 Å². The SMILES string of the molecule is CN(c1nnc(-c2cccc(C#N)c2)s1)C1(c2ncccc2F)CC(F)C1. The molecule has 0 bridgehead atoms. The molecule has 2 heterocycles. The van der Waals surface area contributed by atoms with Gasteiger partial charge in [-0.05, 0) is 24.3 Å². The fourth-order valence-corrected chi connectivity index (χ4v) is 4.29. The first-order valence-corrected chi connectivity index (χ1v) is 9.18. The standard InChI is InChI=1S/C19H15F2N5S/c1-26(19(9-14(20)10-19)16-15(21)6-3-7-23-16)18-25-24-17(27-18)13-5-2-4-12(8-13)11-22/h2-8,14H,9-10H2,1H3. The lowest BCUT2D eigenvalue weighted by Crippen LogP contribution is -2.55. The predicted molar refractivity (Wildman–Crippen MR) is 98.5 cm³/mol. The van der Waals surface area contributed by atoms with Crippen LogP contribution in [0.5, 0.6) is 0 Å². The normalized spacial score (nSPS) is 21.3. The summed E-state index contributed by atoms with van der Waals surface area (Å²) in [5, 5.41) is 18.7. The fraction of sp³-hybridized carbons (Fsp3) is 0.263. The highest BCUT2D eigenvalue weighted by Crippen LogP contribution is 2.49. The minimum atomic E-state index is -1.01. The van der Waals surface area contributed by atoms with E-state index in [0.717, 1.165) is 5.56 Å². The van der Waals surface area contributed by atoms with Crippen molar-refractivity contribution in [1.82, 2.24) is 15.2 Å². The quantitative estimate of drug-likeness (QED) is 0.679. The smallest absolute Gasteiger partial charge is 0.209 e. The molecule has 0 N–H and O–H groups in total. The maximum absolute atomic E-state index is 14.4. The molecule has 1 aromatic carbocycles. The van der Waals surface area contributed by atoms with Gasteiger partial charge in [0.15, 0.2) is 0 Å². The van der Waals surface area contributed by atoms with E-state index in [4.69, 9.17) is 5.26 Å². The van der Waals surface area contributed by atoms with Crippen molar-refractivity contribution in [3.63, 3.8) is 0 Å². The van der Waals surface area contributed by atoms with Crippen molar-refractivity contribution < 1.29 is 8.78 Å². The Kier molecular flexibility index (Phi) is 4.32. The average molecular weight is 383 g/mol. The van der Waals surface area contributed by atoms with Crippen LogP contribution < -0.4 is 4.90 Å². The molecule has 1 aliphatic rings. The van der Waals surface area contributed by atoms with E-state index in [1.165, 1.54) is 29.7 Å². The number of pyridine rings is 1. The number of nitrogens with zero attached hydrogens (tertiary/aromatic N) is 5. The zero-order valence-electron chi connectivity index (χ0n) is 14.4. The van der Waals surface area contributed by atoms with Crippen LogP contribution in [0.1, 0.15) is 24.1 Å². The van der Waals surface area contributed by atoms with Crippen molar-refractivity contribution in [2.24, 2.45) is 0 Å². The number of rotatable bonds is 4. The predicted octanol–water partition coefficient (Wildman–Crippen LogP) is 4.07. The van der Waals surface area contributed by atoms with E-state index in [2.05, 4.69) is 21.3 Å². The molecule has 0 aliphatic heterocycles. The molecule has 0 amide bonds.